The lowest BCUT2D eigenvalue weighted by molar-refractivity contribution is -0.142. The molecule has 3 atom stereocenters. The molecular formula is C23H32F3N5O4. The molecular weight excluding hydrogens is 467 g/mol. The van der Waals surface area contributed by atoms with Crippen LogP contribution in [0.2, 0.25) is 0 Å². The predicted molar refractivity (Wildman–Crippen MR) is 118 cm³/mol. The molecule has 0 aromatic carbocycles. The van der Waals surface area contributed by atoms with Crippen molar-refractivity contribution < 1.29 is 33.0 Å². The molecule has 12 heteroatoms. The van der Waals surface area contributed by atoms with E-state index in [1.165, 1.54) is 0 Å². The molecule has 1 aliphatic carbocycles. The van der Waals surface area contributed by atoms with Crippen LogP contribution in [0.3, 0.4) is 0 Å². The number of fused-ring (bicyclic) bond motifs is 1. The van der Waals surface area contributed by atoms with E-state index in [0.717, 1.165) is 19.3 Å². The zero-order valence-electron chi connectivity index (χ0n) is 19.7. The number of halogens is 3. The summed E-state index contributed by atoms with van der Waals surface area (Å²) in [5.74, 6) is 0.746. The molecule has 1 saturated carbocycles. The van der Waals surface area contributed by atoms with Gasteiger partial charge in [0, 0.05) is 51.0 Å². The van der Waals surface area contributed by atoms with E-state index in [2.05, 4.69) is 15.3 Å². The highest BCUT2D eigenvalue weighted by atomic mass is 19.4. The zero-order chi connectivity index (χ0) is 25.3. The molecule has 1 aromatic rings. The van der Waals surface area contributed by atoms with Crippen LogP contribution >= 0.6 is 0 Å². The Hall–Kier alpha value is -2.47. The number of piperidine rings is 1. The number of amides is 2. The minimum Gasteiger partial charge on any atom is -0.465 e. The number of carbonyl (C=O) groups is 2. The van der Waals surface area contributed by atoms with Gasteiger partial charge < -0.3 is 20.4 Å². The number of hydrogen-bond acceptors (Lipinski definition) is 6. The lowest BCUT2D eigenvalue weighted by atomic mass is 9.98. The third-order valence-corrected chi connectivity index (χ3v) is 7.00. The number of hydrogen-bond donors (Lipinski definition) is 3. The predicted octanol–water partition coefficient (Wildman–Crippen LogP) is 2.41. The Morgan fingerprint density at radius 2 is 1.97 bits per heavy atom. The molecule has 9 nitrogen and oxygen atoms in total. The summed E-state index contributed by atoms with van der Waals surface area (Å²) in [7, 11) is 0. The summed E-state index contributed by atoms with van der Waals surface area (Å²) in [6.45, 7) is 2.84. The van der Waals surface area contributed by atoms with Gasteiger partial charge in [0.2, 0.25) is 5.91 Å². The van der Waals surface area contributed by atoms with Crippen molar-refractivity contribution in [2.24, 2.45) is 11.8 Å². The highest BCUT2D eigenvalue weighted by molar-refractivity contribution is 5.77. The summed E-state index contributed by atoms with van der Waals surface area (Å²) >= 11 is 0. The number of aromatic nitrogens is 2. The SMILES string of the molecule is C[C@@H]1CCC(=O)N(C[C@H](CC(O)N2CCc3c(nc(CC4CC4)nc3C(F)(F)F)C2)NC(=O)O)C1. The number of likely N-dealkylation sites (tertiary alicyclic amines) is 1. The van der Waals surface area contributed by atoms with Gasteiger partial charge >= 0.3 is 12.3 Å². The van der Waals surface area contributed by atoms with Gasteiger partial charge in [0.1, 0.15) is 12.1 Å². The maximum absolute atomic E-state index is 13.7. The van der Waals surface area contributed by atoms with E-state index in [1.807, 2.05) is 6.92 Å². The maximum atomic E-state index is 13.7. The van der Waals surface area contributed by atoms with Gasteiger partial charge in [0.15, 0.2) is 5.69 Å². The van der Waals surface area contributed by atoms with Crippen LogP contribution in [-0.4, -0.2) is 73.9 Å². The van der Waals surface area contributed by atoms with E-state index in [1.54, 1.807) is 9.80 Å². The van der Waals surface area contributed by atoms with Crippen molar-refractivity contribution in [3.63, 3.8) is 0 Å². The minimum absolute atomic E-state index is 0.00800. The largest absolute Gasteiger partial charge is 0.465 e. The highest BCUT2D eigenvalue weighted by Gasteiger charge is 2.40. The zero-order valence-corrected chi connectivity index (χ0v) is 19.7. The topological polar surface area (TPSA) is 119 Å². The normalized spacial score (nSPS) is 23.1. The first-order valence-electron chi connectivity index (χ1n) is 12.1. The Morgan fingerprint density at radius 3 is 2.63 bits per heavy atom. The third-order valence-electron chi connectivity index (χ3n) is 7.00. The van der Waals surface area contributed by atoms with E-state index in [9.17, 15) is 33.0 Å². The molecule has 194 valence electrons. The molecule has 0 spiro atoms. The number of rotatable bonds is 8. The molecule has 4 rings (SSSR count). The minimum atomic E-state index is -4.58. The monoisotopic (exact) mass is 499 g/mol. The second-order valence-corrected chi connectivity index (χ2v) is 10.1. The number of aliphatic hydroxyl groups excluding tert-OH is 1. The number of carboxylic acid groups (broad SMARTS) is 1. The van der Waals surface area contributed by atoms with Gasteiger partial charge in [-0.1, -0.05) is 6.92 Å². The summed E-state index contributed by atoms with van der Waals surface area (Å²) < 4.78 is 41.1. The number of nitrogens with one attached hydrogen (secondary N) is 1. The van der Waals surface area contributed by atoms with E-state index >= 15 is 0 Å². The van der Waals surface area contributed by atoms with Crippen LogP contribution in [0.25, 0.3) is 0 Å². The smallest absolute Gasteiger partial charge is 0.433 e. The van der Waals surface area contributed by atoms with Crippen molar-refractivity contribution in [1.82, 2.24) is 25.1 Å². The Labute approximate surface area is 201 Å². The number of alkyl halides is 3. The van der Waals surface area contributed by atoms with Gasteiger partial charge in [-0.3, -0.25) is 9.69 Å². The van der Waals surface area contributed by atoms with E-state index in [4.69, 9.17) is 0 Å². The number of carbonyl (C=O) groups excluding carboxylic acids is 1. The molecule has 0 bridgehead atoms. The van der Waals surface area contributed by atoms with Gasteiger partial charge in [-0.25, -0.2) is 14.8 Å². The molecule has 1 saturated heterocycles. The van der Waals surface area contributed by atoms with E-state index in [0.29, 0.717) is 31.2 Å². The van der Waals surface area contributed by atoms with Crippen LogP contribution in [0.15, 0.2) is 0 Å². The summed E-state index contributed by atoms with van der Waals surface area (Å²) in [6.07, 6.45) is -3.43. The van der Waals surface area contributed by atoms with Crippen LogP contribution in [0.4, 0.5) is 18.0 Å². The highest BCUT2D eigenvalue weighted by Crippen LogP contribution is 2.36. The Balaban J connectivity index is 1.47. The average molecular weight is 500 g/mol. The first-order valence-corrected chi connectivity index (χ1v) is 12.1. The fourth-order valence-corrected chi connectivity index (χ4v) is 4.96. The van der Waals surface area contributed by atoms with Crippen LogP contribution in [0, 0.1) is 11.8 Å². The summed E-state index contributed by atoms with van der Waals surface area (Å²) in [5.41, 5.74) is -0.569. The van der Waals surface area contributed by atoms with Crippen molar-refractivity contribution in [3.8, 4) is 0 Å². The standard InChI is InChI=1S/C23H32F3N5O4/c1-13-2-5-19(32)31(10-13)11-15(27-22(34)35)9-20(33)30-7-6-16-17(12-30)28-18(8-14-3-4-14)29-21(16)23(24,25)26/h13-15,20,27,33H,2-12H2,1H3,(H,34,35)/t13-,15+,20?/m1/s1. The Bertz CT molecular complexity index is 956. The van der Waals surface area contributed by atoms with Gasteiger partial charge in [-0.15, -0.1) is 0 Å². The van der Waals surface area contributed by atoms with Crippen LogP contribution in [0.5, 0.6) is 0 Å². The number of nitrogens with zero attached hydrogens (tertiary/aromatic N) is 4. The second-order valence-electron chi connectivity index (χ2n) is 10.1. The lowest BCUT2D eigenvalue weighted by Crippen LogP contribution is -2.51. The third kappa shape index (κ3) is 6.60. The van der Waals surface area contributed by atoms with Crippen LogP contribution in [0.1, 0.15) is 61.8 Å². The molecule has 1 unspecified atom stereocenters. The summed E-state index contributed by atoms with van der Waals surface area (Å²) in [5, 5.41) is 22.6. The first-order chi connectivity index (χ1) is 16.5. The fourth-order valence-electron chi connectivity index (χ4n) is 4.96. The molecule has 2 amide bonds. The molecule has 35 heavy (non-hydrogen) atoms. The average Bonchev–Trinajstić information content (AvgIpc) is 3.58. The van der Waals surface area contributed by atoms with Crippen molar-refractivity contribution in [3.05, 3.63) is 22.8 Å². The molecule has 2 aliphatic heterocycles. The summed E-state index contributed by atoms with van der Waals surface area (Å²) in [6, 6.07) is -0.722. The van der Waals surface area contributed by atoms with Gasteiger partial charge in [-0.2, -0.15) is 13.2 Å². The maximum Gasteiger partial charge on any atom is 0.433 e. The van der Waals surface area contributed by atoms with E-state index in [-0.39, 0.29) is 55.5 Å². The van der Waals surface area contributed by atoms with Crippen molar-refractivity contribution in [1.29, 1.82) is 0 Å². The second kappa shape index (κ2) is 10.3. The molecule has 3 N–H and O–H groups in total. The van der Waals surface area contributed by atoms with Gasteiger partial charge in [0.25, 0.3) is 0 Å². The molecule has 3 heterocycles. The Morgan fingerprint density at radius 1 is 1.23 bits per heavy atom. The van der Waals surface area contributed by atoms with Crippen molar-refractivity contribution in [2.75, 3.05) is 19.6 Å². The van der Waals surface area contributed by atoms with Crippen LogP contribution in [-0.2, 0) is 30.4 Å². The van der Waals surface area contributed by atoms with E-state index < -0.39 is 30.2 Å². The molecule has 1 aromatic heterocycles. The lowest BCUT2D eigenvalue weighted by Gasteiger charge is -2.37. The molecule has 2 fully saturated rings. The molecule has 3 aliphatic rings. The van der Waals surface area contributed by atoms with Crippen molar-refractivity contribution >= 4 is 12.0 Å². The quantitative estimate of drug-likeness (QED) is 0.503. The van der Waals surface area contributed by atoms with Crippen molar-refractivity contribution in [2.45, 2.75) is 76.9 Å². The van der Waals surface area contributed by atoms with Gasteiger partial charge in [-0.05, 0) is 37.5 Å². The number of aliphatic hydroxyl groups is 1. The van der Waals surface area contributed by atoms with Crippen LogP contribution < -0.4 is 5.32 Å². The van der Waals surface area contributed by atoms with Gasteiger partial charge in [0.05, 0.1) is 11.7 Å². The molecule has 0 radical (unpaired) electrons. The first kappa shape index (κ1) is 25.6. The Kier molecular flexibility index (Phi) is 7.51. The summed E-state index contributed by atoms with van der Waals surface area (Å²) in [4.78, 5) is 35.1. The fraction of sp³-hybridized carbons (Fsp3) is 0.739.